The second kappa shape index (κ2) is 10.3. The van der Waals surface area contributed by atoms with E-state index >= 15 is 0 Å². The van der Waals surface area contributed by atoms with Gasteiger partial charge < -0.3 is 4.74 Å². The lowest BCUT2D eigenvalue weighted by molar-refractivity contribution is -0.121. The number of carbonyl (C=O) groups is 1. The van der Waals surface area contributed by atoms with Gasteiger partial charge in [-0.05, 0) is 47.9 Å². The quantitative estimate of drug-likeness (QED) is 0.433. The summed E-state index contributed by atoms with van der Waals surface area (Å²) in [4.78, 5) is 11.9. The van der Waals surface area contributed by atoms with Gasteiger partial charge in [0, 0.05) is 17.0 Å². The Bertz CT molecular complexity index is 925. The molecule has 142 valence electrons. The number of nitrogens with one attached hydrogen (secondary N) is 1. The van der Waals surface area contributed by atoms with E-state index in [9.17, 15) is 4.79 Å². The van der Waals surface area contributed by atoms with E-state index in [1.54, 1.807) is 6.21 Å². The number of hydrogen-bond donors (Lipinski definition) is 1. The van der Waals surface area contributed by atoms with Gasteiger partial charge >= 0.3 is 0 Å². The van der Waals surface area contributed by atoms with Crippen LogP contribution in [-0.4, -0.2) is 12.1 Å². The van der Waals surface area contributed by atoms with E-state index in [0.717, 1.165) is 22.4 Å². The van der Waals surface area contributed by atoms with Crippen LogP contribution >= 0.6 is 11.6 Å². The minimum atomic E-state index is -0.111. The van der Waals surface area contributed by atoms with E-state index < -0.39 is 0 Å². The largest absolute Gasteiger partial charge is 0.489 e. The maximum absolute atomic E-state index is 11.9. The Hall–Kier alpha value is -3.11. The van der Waals surface area contributed by atoms with Crippen LogP contribution in [0.15, 0.2) is 84.0 Å². The van der Waals surface area contributed by atoms with Crippen molar-refractivity contribution in [1.82, 2.24) is 5.43 Å². The minimum absolute atomic E-state index is 0.111. The van der Waals surface area contributed by atoms with Crippen molar-refractivity contribution in [3.05, 3.63) is 101 Å². The second-order valence-electron chi connectivity index (χ2n) is 6.23. The molecule has 1 amide bonds. The molecular formula is C23H21ClN2O2. The number of aryl methyl sites for hydroxylation is 1. The Labute approximate surface area is 169 Å². The Balaban J connectivity index is 1.43. The van der Waals surface area contributed by atoms with Gasteiger partial charge in [0.25, 0.3) is 0 Å². The molecule has 4 nitrogen and oxygen atoms in total. The van der Waals surface area contributed by atoms with Gasteiger partial charge in [0.15, 0.2) is 0 Å². The number of nitrogens with zero attached hydrogens (tertiary/aromatic N) is 1. The molecule has 0 unspecified atom stereocenters. The molecule has 0 aliphatic rings. The molecule has 1 N–H and O–H groups in total. The molecule has 3 aromatic rings. The maximum Gasteiger partial charge on any atom is 0.240 e. The van der Waals surface area contributed by atoms with Crippen molar-refractivity contribution in [1.29, 1.82) is 0 Å². The van der Waals surface area contributed by atoms with E-state index in [4.69, 9.17) is 16.3 Å². The summed E-state index contributed by atoms with van der Waals surface area (Å²) in [7, 11) is 0. The van der Waals surface area contributed by atoms with Gasteiger partial charge in [0.2, 0.25) is 5.91 Å². The Morgan fingerprint density at radius 3 is 2.43 bits per heavy atom. The van der Waals surface area contributed by atoms with Crippen LogP contribution < -0.4 is 10.2 Å². The van der Waals surface area contributed by atoms with Crippen molar-refractivity contribution >= 4 is 23.7 Å². The van der Waals surface area contributed by atoms with Crippen LogP contribution in [-0.2, 0) is 17.8 Å². The van der Waals surface area contributed by atoms with E-state index in [0.29, 0.717) is 24.5 Å². The lowest BCUT2D eigenvalue weighted by Gasteiger charge is -2.07. The summed E-state index contributed by atoms with van der Waals surface area (Å²) < 4.78 is 5.75. The van der Waals surface area contributed by atoms with Crippen molar-refractivity contribution in [2.75, 3.05) is 0 Å². The summed E-state index contributed by atoms with van der Waals surface area (Å²) in [5.41, 5.74) is 5.49. The molecule has 0 spiro atoms. The highest BCUT2D eigenvalue weighted by atomic mass is 35.5. The summed E-state index contributed by atoms with van der Waals surface area (Å²) >= 11 is 6.12. The number of ether oxygens (including phenoxy) is 1. The second-order valence-corrected chi connectivity index (χ2v) is 6.64. The Morgan fingerprint density at radius 2 is 1.68 bits per heavy atom. The number of benzene rings is 3. The monoisotopic (exact) mass is 392 g/mol. The first-order valence-electron chi connectivity index (χ1n) is 9.03. The smallest absolute Gasteiger partial charge is 0.240 e. The molecule has 3 rings (SSSR count). The average Bonchev–Trinajstić information content (AvgIpc) is 2.73. The van der Waals surface area contributed by atoms with Gasteiger partial charge in [-0.15, -0.1) is 0 Å². The number of amides is 1. The maximum atomic E-state index is 11.9. The van der Waals surface area contributed by atoms with Gasteiger partial charge in [0.1, 0.15) is 12.4 Å². The minimum Gasteiger partial charge on any atom is -0.489 e. The van der Waals surface area contributed by atoms with Crippen molar-refractivity contribution < 1.29 is 9.53 Å². The number of rotatable bonds is 8. The van der Waals surface area contributed by atoms with E-state index in [1.165, 1.54) is 0 Å². The van der Waals surface area contributed by atoms with Crippen LogP contribution in [0.3, 0.4) is 0 Å². The van der Waals surface area contributed by atoms with E-state index in [1.807, 2.05) is 78.9 Å². The summed E-state index contributed by atoms with van der Waals surface area (Å²) in [5, 5.41) is 4.69. The van der Waals surface area contributed by atoms with Crippen LogP contribution in [0.2, 0.25) is 5.02 Å². The van der Waals surface area contributed by atoms with Gasteiger partial charge in [-0.2, -0.15) is 5.10 Å². The normalized spacial score (nSPS) is 10.8. The molecule has 0 fully saturated rings. The molecule has 0 aliphatic heterocycles. The molecule has 0 radical (unpaired) electrons. The molecule has 0 bridgehead atoms. The van der Waals surface area contributed by atoms with Crippen LogP contribution in [0.4, 0.5) is 0 Å². The molecule has 0 aromatic heterocycles. The fourth-order valence-corrected chi connectivity index (χ4v) is 2.75. The molecule has 5 heteroatoms. The fourth-order valence-electron chi connectivity index (χ4n) is 2.56. The first kappa shape index (κ1) is 19.6. The van der Waals surface area contributed by atoms with Crippen molar-refractivity contribution in [2.24, 2.45) is 5.10 Å². The van der Waals surface area contributed by atoms with Gasteiger partial charge in [-0.25, -0.2) is 5.43 Å². The standard InChI is InChI=1S/C23H21ClN2O2/c24-22-9-5-4-8-20(22)17-28-21-13-10-19(11-14-21)16-25-26-23(27)15-12-18-6-2-1-3-7-18/h1-11,13-14,16H,12,15,17H2,(H,26,27)/b25-16-. The zero-order valence-corrected chi connectivity index (χ0v) is 16.1. The Morgan fingerprint density at radius 1 is 0.964 bits per heavy atom. The third-order valence-corrected chi connectivity index (χ3v) is 4.49. The SMILES string of the molecule is O=C(CCc1ccccc1)N/N=C\c1ccc(OCc2ccccc2Cl)cc1. The average molecular weight is 393 g/mol. The molecule has 0 aliphatic carbocycles. The number of carbonyl (C=O) groups excluding carboxylic acids is 1. The molecule has 0 atom stereocenters. The molecule has 3 aromatic carbocycles. The summed E-state index contributed by atoms with van der Waals surface area (Å²) in [5.74, 6) is 0.628. The highest BCUT2D eigenvalue weighted by molar-refractivity contribution is 6.31. The van der Waals surface area contributed by atoms with Gasteiger partial charge in [0.05, 0.1) is 6.21 Å². The number of hydrogen-bond acceptors (Lipinski definition) is 3. The third kappa shape index (κ3) is 6.25. The molecule has 0 saturated carbocycles. The van der Waals surface area contributed by atoms with Crippen LogP contribution in [0.25, 0.3) is 0 Å². The van der Waals surface area contributed by atoms with Crippen molar-refractivity contribution in [3.63, 3.8) is 0 Å². The predicted octanol–water partition coefficient (Wildman–Crippen LogP) is 5.00. The highest BCUT2D eigenvalue weighted by Crippen LogP contribution is 2.18. The molecule has 0 saturated heterocycles. The first-order valence-corrected chi connectivity index (χ1v) is 9.40. The zero-order valence-electron chi connectivity index (χ0n) is 15.3. The highest BCUT2D eigenvalue weighted by Gasteiger charge is 2.02. The van der Waals surface area contributed by atoms with E-state index in [-0.39, 0.29) is 5.91 Å². The lowest BCUT2D eigenvalue weighted by Crippen LogP contribution is -2.17. The molecule has 28 heavy (non-hydrogen) atoms. The summed E-state index contributed by atoms with van der Waals surface area (Å²) in [6.07, 6.45) is 2.70. The third-order valence-electron chi connectivity index (χ3n) is 4.12. The zero-order chi connectivity index (χ0) is 19.6. The first-order chi connectivity index (χ1) is 13.7. The van der Waals surface area contributed by atoms with Gasteiger partial charge in [-0.3, -0.25) is 4.79 Å². The molecule has 0 heterocycles. The molecular weight excluding hydrogens is 372 g/mol. The van der Waals surface area contributed by atoms with Crippen LogP contribution in [0.1, 0.15) is 23.1 Å². The number of halogens is 1. The summed E-state index contributed by atoms with van der Waals surface area (Å²) in [6, 6.07) is 25.0. The predicted molar refractivity (Wildman–Crippen MR) is 113 cm³/mol. The number of hydrazone groups is 1. The van der Waals surface area contributed by atoms with Gasteiger partial charge in [-0.1, -0.05) is 60.1 Å². The van der Waals surface area contributed by atoms with Crippen molar-refractivity contribution in [2.45, 2.75) is 19.4 Å². The summed E-state index contributed by atoms with van der Waals surface area (Å²) in [6.45, 7) is 0.407. The Kier molecular flexibility index (Phi) is 7.21. The van der Waals surface area contributed by atoms with Crippen LogP contribution in [0.5, 0.6) is 5.75 Å². The van der Waals surface area contributed by atoms with E-state index in [2.05, 4.69) is 10.5 Å². The lowest BCUT2D eigenvalue weighted by atomic mass is 10.1. The van der Waals surface area contributed by atoms with Crippen LogP contribution in [0, 0.1) is 0 Å². The van der Waals surface area contributed by atoms with Crippen molar-refractivity contribution in [3.8, 4) is 5.75 Å². The topological polar surface area (TPSA) is 50.7 Å². The fraction of sp³-hybridized carbons (Fsp3) is 0.130.